The molecule has 86 valence electrons. The SMILES string of the molecule is O=C(Nc1ccc(Cl)cn1)c1ccc(Cl)nc1. The number of rotatable bonds is 2. The van der Waals surface area contributed by atoms with Crippen molar-refractivity contribution in [2.24, 2.45) is 0 Å². The fourth-order valence-electron chi connectivity index (χ4n) is 1.15. The average Bonchev–Trinajstić information content (AvgIpc) is 2.33. The fourth-order valence-corrected chi connectivity index (χ4v) is 1.37. The smallest absolute Gasteiger partial charge is 0.258 e. The number of hydrogen-bond acceptors (Lipinski definition) is 3. The molecule has 0 aliphatic heterocycles. The predicted molar refractivity (Wildman–Crippen MR) is 66.4 cm³/mol. The van der Waals surface area contributed by atoms with Gasteiger partial charge in [0.2, 0.25) is 0 Å². The second-order valence-electron chi connectivity index (χ2n) is 3.19. The number of halogens is 2. The lowest BCUT2D eigenvalue weighted by Crippen LogP contribution is -2.12. The van der Waals surface area contributed by atoms with Gasteiger partial charge in [-0.1, -0.05) is 23.2 Å². The molecule has 1 N–H and O–H groups in total. The second kappa shape index (κ2) is 5.12. The van der Waals surface area contributed by atoms with Gasteiger partial charge in [0.05, 0.1) is 10.6 Å². The number of nitrogens with one attached hydrogen (secondary N) is 1. The first-order valence-electron chi connectivity index (χ1n) is 4.69. The lowest BCUT2D eigenvalue weighted by atomic mass is 10.3. The molecule has 0 saturated carbocycles. The van der Waals surface area contributed by atoms with E-state index < -0.39 is 0 Å². The Morgan fingerprint density at radius 2 is 1.88 bits per heavy atom. The molecule has 1 amide bonds. The molecule has 0 atom stereocenters. The Bertz CT molecular complexity index is 525. The van der Waals surface area contributed by atoms with Gasteiger partial charge in [0.15, 0.2) is 0 Å². The van der Waals surface area contributed by atoms with Gasteiger partial charge in [-0.2, -0.15) is 0 Å². The van der Waals surface area contributed by atoms with Crippen molar-refractivity contribution >= 4 is 34.9 Å². The van der Waals surface area contributed by atoms with Crippen LogP contribution in [0.5, 0.6) is 0 Å². The average molecular weight is 268 g/mol. The van der Waals surface area contributed by atoms with E-state index >= 15 is 0 Å². The first kappa shape index (κ1) is 11.8. The number of pyridine rings is 2. The van der Waals surface area contributed by atoms with Crippen LogP contribution in [-0.4, -0.2) is 15.9 Å². The minimum absolute atomic E-state index is 0.302. The summed E-state index contributed by atoms with van der Waals surface area (Å²) in [7, 11) is 0. The number of amides is 1. The highest BCUT2D eigenvalue weighted by molar-refractivity contribution is 6.30. The summed E-state index contributed by atoms with van der Waals surface area (Å²) in [5.74, 6) is 0.123. The highest BCUT2D eigenvalue weighted by atomic mass is 35.5. The molecule has 0 radical (unpaired) electrons. The molecule has 2 aromatic heterocycles. The van der Waals surface area contributed by atoms with Crippen LogP contribution in [-0.2, 0) is 0 Å². The number of anilines is 1. The lowest BCUT2D eigenvalue weighted by Gasteiger charge is -2.03. The summed E-state index contributed by atoms with van der Waals surface area (Å²) >= 11 is 11.3. The van der Waals surface area contributed by atoms with Gasteiger partial charge in [0, 0.05) is 12.4 Å². The minimum atomic E-state index is -0.302. The van der Waals surface area contributed by atoms with Crippen molar-refractivity contribution in [2.45, 2.75) is 0 Å². The quantitative estimate of drug-likeness (QED) is 0.851. The monoisotopic (exact) mass is 267 g/mol. The van der Waals surface area contributed by atoms with Crippen molar-refractivity contribution in [1.82, 2.24) is 9.97 Å². The zero-order chi connectivity index (χ0) is 12.3. The standard InChI is InChI=1S/C11H7Cl2N3O/c12-8-2-4-10(15-6-8)16-11(17)7-1-3-9(13)14-5-7/h1-6H,(H,15,16,17). The Balaban J connectivity index is 2.11. The van der Waals surface area contributed by atoms with Crippen LogP contribution in [0, 0.1) is 0 Å². The summed E-state index contributed by atoms with van der Waals surface area (Å²) in [5, 5.41) is 3.46. The van der Waals surface area contributed by atoms with E-state index in [9.17, 15) is 4.79 Å². The highest BCUT2D eigenvalue weighted by Gasteiger charge is 2.06. The van der Waals surface area contributed by atoms with Crippen LogP contribution in [0.2, 0.25) is 10.2 Å². The minimum Gasteiger partial charge on any atom is -0.307 e. The van der Waals surface area contributed by atoms with Gasteiger partial charge < -0.3 is 5.32 Å². The summed E-state index contributed by atoms with van der Waals surface area (Å²) < 4.78 is 0. The van der Waals surface area contributed by atoms with Gasteiger partial charge >= 0.3 is 0 Å². The van der Waals surface area contributed by atoms with Crippen molar-refractivity contribution in [1.29, 1.82) is 0 Å². The van der Waals surface area contributed by atoms with E-state index in [0.29, 0.717) is 21.6 Å². The Morgan fingerprint density at radius 1 is 1.06 bits per heavy atom. The van der Waals surface area contributed by atoms with Crippen LogP contribution < -0.4 is 5.32 Å². The molecule has 4 nitrogen and oxygen atoms in total. The first-order chi connectivity index (χ1) is 8.15. The highest BCUT2D eigenvalue weighted by Crippen LogP contribution is 2.11. The molecule has 0 aliphatic carbocycles. The molecule has 0 bridgehead atoms. The van der Waals surface area contributed by atoms with Crippen LogP contribution in [0.4, 0.5) is 5.82 Å². The summed E-state index contributed by atoms with van der Waals surface area (Å²) in [4.78, 5) is 19.5. The Labute approximate surface area is 108 Å². The van der Waals surface area contributed by atoms with E-state index in [4.69, 9.17) is 23.2 Å². The number of nitrogens with zero attached hydrogens (tertiary/aromatic N) is 2. The van der Waals surface area contributed by atoms with Crippen molar-refractivity contribution in [3.8, 4) is 0 Å². The summed E-state index contributed by atoms with van der Waals surface area (Å²) in [6.45, 7) is 0. The Morgan fingerprint density at radius 3 is 2.47 bits per heavy atom. The Kier molecular flexibility index (Phi) is 3.56. The van der Waals surface area contributed by atoms with Gasteiger partial charge in [0.1, 0.15) is 11.0 Å². The van der Waals surface area contributed by atoms with Gasteiger partial charge in [-0.25, -0.2) is 9.97 Å². The first-order valence-corrected chi connectivity index (χ1v) is 5.45. The molecule has 0 spiro atoms. The molecular formula is C11H7Cl2N3O. The summed E-state index contributed by atoms with van der Waals surface area (Å²) in [6, 6.07) is 6.39. The van der Waals surface area contributed by atoms with Gasteiger partial charge in [-0.05, 0) is 24.3 Å². The molecule has 0 unspecified atom stereocenters. The number of carbonyl (C=O) groups is 1. The van der Waals surface area contributed by atoms with Crippen LogP contribution in [0.15, 0.2) is 36.7 Å². The van der Waals surface area contributed by atoms with Crippen LogP contribution in [0.25, 0.3) is 0 Å². The summed E-state index contributed by atoms with van der Waals surface area (Å²) in [6.07, 6.45) is 2.85. The molecule has 17 heavy (non-hydrogen) atoms. The number of hydrogen-bond donors (Lipinski definition) is 1. The third kappa shape index (κ3) is 3.15. The molecule has 2 aromatic rings. The molecule has 2 rings (SSSR count). The van der Waals surface area contributed by atoms with Crippen LogP contribution >= 0.6 is 23.2 Å². The maximum Gasteiger partial charge on any atom is 0.258 e. The predicted octanol–water partition coefficient (Wildman–Crippen LogP) is 3.04. The molecule has 0 saturated heterocycles. The van der Waals surface area contributed by atoms with E-state index in [0.717, 1.165) is 0 Å². The van der Waals surface area contributed by atoms with E-state index in [1.54, 1.807) is 24.3 Å². The van der Waals surface area contributed by atoms with Gasteiger partial charge in [0.25, 0.3) is 5.91 Å². The third-order valence-electron chi connectivity index (χ3n) is 1.96. The van der Waals surface area contributed by atoms with E-state index in [1.165, 1.54) is 12.4 Å². The zero-order valence-electron chi connectivity index (χ0n) is 8.52. The van der Waals surface area contributed by atoms with E-state index in [-0.39, 0.29) is 5.91 Å². The van der Waals surface area contributed by atoms with Crippen molar-refractivity contribution in [2.75, 3.05) is 5.32 Å². The molecule has 0 aliphatic rings. The van der Waals surface area contributed by atoms with Gasteiger partial charge in [-0.3, -0.25) is 4.79 Å². The second-order valence-corrected chi connectivity index (χ2v) is 4.01. The third-order valence-corrected chi connectivity index (χ3v) is 2.41. The molecule has 2 heterocycles. The van der Waals surface area contributed by atoms with E-state index in [2.05, 4.69) is 15.3 Å². The van der Waals surface area contributed by atoms with Gasteiger partial charge in [-0.15, -0.1) is 0 Å². The van der Waals surface area contributed by atoms with E-state index in [1.807, 2.05) is 0 Å². The molecule has 0 aromatic carbocycles. The van der Waals surface area contributed by atoms with Crippen molar-refractivity contribution < 1.29 is 4.79 Å². The maximum absolute atomic E-state index is 11.7. The van der Waals surface area contributed by atoms with Crippen LogP contribution in [0.3, 0.4) is 0 Å². The van der Waals surface area contributed by atoms with Crippen molar-refractivity contribution in [3.63, 3.8) is 0 Å². The zero-order valence-corrected chi connectivity index (χ0v) is 10.0. The molecule has 6 heteroatoms. The molecular weight excluding hydrogens is 261 g/mol. The maximum atomic E-state index is 11.7. The van der Waals surface area contributed by atoms with Crippen LogP contribution in [0.1, 0.15) is 10.4 Å². The fraction of sp³-hybridized carbons (Fsp3) is 0. The lowest BCUT2D eigenvalue weighted by molar-refractivity contribution is 0.102. The van der Waals surface area contributed by atoms with Crippen molar-refractivity contribution in [3.05, 3.63) is 52.4 Å². The summed E-state index contributed by atoms with van der Waals surface area (Å²) in [5.41, 5.74) is 0.408. The largest absolute Gasteiger partial charge is 0.307 e. The Hall–Kier alpha value is -1.65. The number of aromatic nitrogens is 2. The normalized spacial score (nSPS) is 10.0. The molecule has 0 fully saturated rings. The topological polar surface area (TPSA) is 54.9 Å². The number of carbonyl (C=O) groups excluding carboxylic acids is 1.